The number of carbonyl (C=O) groups is 2. The van der Waals surface area contributed by atoms with E-state index in [9.17, 15) is 14.0 Å². The number of anilines is 3. The molecule has 1 aliphatic heterocycles. The Balaban J connectivity index is 1.70. The van der Waals surface area contributed by atoms with Gasteiger partial charge in [0.2, 0.25) is 11.8 Å². The van der Waals surface area contributed by atoms with Crippen LogP contribution in [0.4, 0.5) is 21.5 Å². The van der Waals surface area contributed by atoms with E-state index in [2.05, 4.69) is 10.6 Å². The minimum Gasteiger partial charge on any atom is -0.387 e. The zero-order chi connectivity index (χ0) is 17.8. The average molecular weight is 343 g/mol. The van der Waals surface area contributed by atoms with Gasteiger partial charge in [0, 0.05) is 17.9 Å². The number of aliphatic hydroxyl groups is 1. The van der Waals surface area contributed by atoms with E-state index >= 15 is 0 Å². The highest BCUT2D eigenvalue weighted by Crippen LogP contribution is 2.26. The fourth-order valence-corrected chi connectivity index (χ4v) is 2.81. The first-order valence-electron chi connectivity index (χ1n) is 7.91. The molecule has 3 N–H and O–H groups in total. The normalized spacial score (nSPS) is 16.8. The minimum atomic E-state index is -0.601. The number of benzene rings is 2. The van der Waals surface area contributed by atoms with Gasteiger partial charge in [0.05, 0.1) is 5.69 Å². The van der Waals surface area contributed by atoms with E-state index < -0.39 is 24.4 Å². The third-order valence-electron chi connectivity index (χ3n) is 3.98. The van der Waals surface area contributed by atoms with Crippen molar-refractivity contribution in [1.82, 2.24) is 0 Å². The van der Waals surface area contributed by atoms with Gasteiger partial charge in [0.15, 0.2) is 0 Å². The van der Waals surface area contributed by atoms with Crippen molar-refractivity contribution in [2.75, 3.05) is 28.7 Å². The Bertz CT molecular complexity index is 797. The first kappa shape index (κ1) is 16.9. The molecule has 0 saturated carbocycles. The minimum absolute atomic E-state index is 0.199. The van der Waals surface area contributed by atoms with Gasteiger partial charge in [-0.1, -0.05) is 18.2 Å². The molecule has 1 atom stereocenters. The van der Waals surface area contributed by atoms with Gasteiger partial charge in [-0.2, -0.15) is 0 Å². The average Bonchev–Trinajstić information content (AvgIpc) is 2.96. The fourth-order valence-electron chi connectivity index (χ4n) is 2.81. The molecular weight excluding hydrogens is 325 g/mol. The number of para-hydroxylation sites is 1. The highest BCUT2D eigenvalue weighted by atomic mass is 19.1. The maximum absolute atomic E-state index is 13.9. The Hall–Kier alpha value is -2.93. The van der Waals surface area contributed by atoms with Crippen LogP contribution in [0.3, 0.4) is 0 Å². The molecule has 1 aliphatic rings. The first-order valence-corrected chi connectivity index (χ1v) is 7.91. The second kappa shape index (κ2) is 7.31. The molecule has 2 aromatic rings. The summed E-state index contributed by atoms with van der Waals surface area (Å²) in [6.45, 7) is -0.172. The standard InChI is InChI=1S/C18H18FN3O3/c19-14-6-1-2-7-16(14)22-9-8-15(18(22)25)20-12-4-3-5-13(10-12)21-17(24)11-23/h1-7,10,15,20,23H,8-9,11H2,(H,21,24). The lowest BCUT2D eigenvalue weighted by Gasteiger charge is -2.18. The summed E-state index contributed by atoms with van der Waals surface area (Å²) in [5.41, 5.74) is 1.45. The lowest BCUT2D eigenvalue weighted by atomic mass is 10.2. The maximum atomic E-state index is 13.9. The van der Waals surface area contributed by atoms with Gasteiger partial charge in [-0.25, -0.2) is 4.39 Å². The summed E-state index contributed by atoms with van der Waals surface area (Å²) in [6.07, 6.45) is 0.542. The van der Waals surface area contributed by atoms with Crippen molar-refractivity contribution in [1.29, 1.82) is 0 Å². The second-order valence-corrected chi connectivity index (χ2v) is 5.71. The van der Waals surface area contributed by atoms with Crippen molar-refractivity contribution in [2.24, 2.45) is 0 Å². The number of hydrogen-bond donors (Lipinski definition) is 3. The van der Waals surface area contributed by atoms with Gasteiger partial charge in [-0.15, -0.1) is 0 Å². The summed E-state index contributed by atoms with van der Waals surface area (Å²) >= 11 is 0. The van der Waals surface area contributed by atoms with Gasteiger partial charge >= 0.3 is 0 Å². The molecule has 0 radical (unpaired) electrons. The molecule has 25 heavy (non-hydrogen) atoms. The molecule has 0 spiro atoms. The van der Waals surface area contributed by atoms with Gasteiger partial charge < -0.3 is 20.6 Å². The number of nitrogens with zero attached hydrogens (tertiary/aromatic N) is 1. The fraction of sp³-hybridized carbons (Fsp3) is 0.222. The van der Waals surface area contributed by atoms with Crippen molar-refractivity contribution in [3.63, 3.8) is 0 Å². The van der Waals surface area contributed by atoms with Gasteiger partial charge in [0.25, 0.3) is 0 Å². The van der Waals surface area contributed by atoms with Crippen LogP contribution in [-0.2, 0) is 9.59 Å². The van der Waals surface area contributed by atoms with Crippen molar-refractivity contribution < 1.29 is 19.1 Å². The van der Waals surface area contributed by atoms with Gasteiger partial charge in [0.1, 0.15) is 18.5 Å². The highest BCUT2D eigenvalue weighted by molar-refractivity contribution is 6.01. The lowest BCUT2D eigenvalue weighted by molar-refractivity contribution is -0.119. The van der Waals surface area contributed by atoms with E-state index in [0.717, 1.165) is 0 Å². The Morgan fingerprint density at radius 3 is 2.72 bits per heavy atom. The van der Waals surface area contributed by atoms with E-state index in [1.54, 1.807) is 42.5 Å². The van der Waals surface area contributed by atoms with Crippen LogP contribution in [0.25, 0.3) is 0 Å². The van der Waals surface area contributed by atoms with Crippen LogP contribution < -0.4 is 15.5 Å². The third kappa shape index (κ3) is 3.77. The van der Waals surface area contributed by atoms with Crippen LogP contribution in [-0.4, -0.2) is 36.1 Å². The van der Waals surface area contributed by atoms with E-state index in [1.807, 2.05) is 0 Å². The predicted molar refractivity (Wildman–Crippen MR) is 92.9 cm³/mol. The monoisotopic (exact) mass is 343 g/mol. The molecule has 3 rings (SSSR count). The SMILES string of the molecule is O=C(CO)Nc1cccc(NC2CCN(c3ccccc3F)C2=O)c1. The quantitative estimate of drug-likeness (QED) is 0.775. The van der Waals surface area contributed by atoms with Crippen molar-refractivity contribution >= 4 is 28.9 Å². The smallest absolute Gasteiger partial charge is 0.250 e. The molecule has 1 heterocycles. The molecule has 7 heteroatoms. The molecule has 130 valence electrons. The predicted octanol–water partition coefficient (Wildman–Crippen LogP) is 1.97. The molecule has 0 aromatic heterocycles. The Morgan fingerprint density at radius 2 is 1.96 bits per heavy atom. The third-order valence-corrected chi connectivity index (χ3v) is 3.98. The summed E-state index contributed by atoms with van der Waals surface area (Å²) in [5, 5.41) is 14.4. The summed E-state index contributed by atoms with van der Waals surface area (Å²) in [7, 11) is 0. The number of nitrogens with one attached hydrogen (secondary N) is 2. The molecule has 2 aromatic carbocycles. The van der Waals surface area contributed by atoms with Crippen LogP contribution >= 0.6 is 0 Å². The molecule has 1 saturated heterocycles. The number of hydrogen-bond acceptors (Lipinski definition) is 4. The van der Waals surface area contributed by atoms with Crippen LogP contribution in [0.1, 0.15) is 6.42 Å². The van der Waals surface area contributed by atoms with Crippen LogP contribution in [0.5, 0.6) is 0 Å². The molecule has 6 nitrogen and oxygen atoms in total. The molecule has 1 fully saturated rings. The molecule has 0 bridgehead atoms. The summed E-state index contributed by atoms with van der Waals surface area (Å²) in [4.78, 5) is 25.2. The largest absolute Gasteiger partial charge is 0.387 e. The number of halogens is 1. The van der Waals surface area contributed by atoms with Crippen molar-refractivity contribution in [3.8, 4) is 0 Å². The zero-order valence-corrected chi connectivity index (χ0v) is 13.4. The topological polar surface area (TPSA) is 81.7 Å². The first-order chi connectivity index (χ1) is 12.1. The van der Waals surface area contributed by atoms with Crippen molar-refractivity contribution in [3.05, 3.63) is 54.3 Å². The Kier molecular flexibility index (Phi) is 4.95. The van der Waals surface area contributed by atoms with Crippen LogP contribution in [0.2, 0.25) is 0 Å². The van der Waals surface area contributed by atoms with E-state index in [1.165, 1.54) is 11.0 Å². The molecule has 1 unspecified atom stereocenters. The van der Waals surface area contributed by atoms with Crippen LogP contribution in [0, 0.1) is 5.82 Å². The molecule has 2 amide bonds. The summed E-state index contributed by atoms with van der Waals surface area (Å²) in [5.74, 6) is -1.14. The van der Waals surface area contributed by atoms with E-state index in [4.69, 9.17) is 5.11 Å². The Labute approximate surface area is 144 Å². The number of amides is 2. The van der Waals surface area contributed by atoms with Crippen molar-refractivity contribution in [2.45, 2.75) is 12.5 Å². The second-order valence-electron chi connectivity index (χ2n) is 5.71. The number of aliphatic hydroxyl groups excluding tert-OH is 1. The number of rotatable bonds is 5. The summed E-state index contributed by atoms with van der Waals surface area (Å²) in [6, 6.07) is 12.6. The van der Waals surface area contributed by atoms with Gasteiger partial charge in [-0.05, 0) is 36.8 Å². The highest BCUT2D eigenvalue weighted by Gasteiger charge is 2.33. The molecule has 0 aliphatic carbocycles. The van der Waals surface area contributed by atoms with E-state index in [-0.39, 0.29) is 11.6 Å². The zero-order valence-electron chi connectivity index (χ0n) is 13.4. The lowest BCUT2D eigenvalue weighted by Crippen LogP contribution is -2.33. The van der Waals surface area contributed by atoms with Gasteiger partial charge in [-0.3, -0.25) is 9.59 Å². The molecular formula is C18H18FN3O3. The van der Waals surface area contributed by atoms with E-state index in [0.29, 0.717) is 24.3 Å². The number of carbonyl (C=O) groups excluding carboxylic acids is 2. The maximum Gasteiger partial charge on any atom is 0.250 e. The Morgan fingerprint density at radius 1 is 1.20 bits per heavy atom. The van der Waals surface area contributed by atoms with Crippen LogP contribution in [0.15, 0.2) is 48.5 Å². The summed E-state index contributed by atoms with van der Waals surface area (Å²) < 4.78 is 13.9.